The first-order valence-electron chi connectivity index (χ1n) is 10.4. The SMILES string of the molecule is CC(=O)N1CCc2ccc(Nc3nc(NCc4ccc(S(N)(=O)=O)cc4)cc(C(F)(F)F)n3)cc21. The maximum atomic E-state index is 13.5. The molecule has 3 aromatic rings. The summed E-state index contributed by atoms with van der Waals surface area (Å²) in [6.45, 7) is 2.07. The van der Waals surface area contributed by atoms with E-state index in [0.717, 1.165) is 11.6 Å². The number of carbonyl (C=O) groups is 1. The predicted molar refractivity (Wildman–Crippen MR) is 124 cm³/mol. The van der Waals surface area contributed by atoms with Gasteiger partial charge in [-0.15, -0.1) is 0 Å². The van der Waals surface area contributed by atoms with Crippen molar-refractivity contribution in [2.75, 3.05) is 22.1 Å². The van der Waals surface area contributed by atoms with Crippen LogP contribution in [0.1, 0.15) is 23.7 Å². The number of hydrogen-bond acceptors (Lipinski definition) is 7. The van der Waals surface area contributed by atoms with Crippen molar-refractivity contribution < 1.29 is 26.4 Å². The molecule has 1 amide bonds. The number of halogens is 3. The first-order chi connectivity index (χ1) is 16.4. The zero-order chi connectivity index (χ0) is 25.4. The summed E-state index contributed by atoms with van der Waals surface area (Å²) >= 11 is 0. The topological polar surface area (TPSA) is 130 Å². The third-order valence-corrected chi connectivity index (χ3v) is 6.29. The molecule has 2 aromatic carbocycles. The molecule has 4 rings (SSSR count). The molecule has 0 saturated heterocycles. The number of nitrogens with two attached hydrogens (primary N) is 1. The van der Waals surface area contributed by atoms with E-state index in [1.165, 1.54) is 31.2 Å². The largest absolute Gasteiger partial charge is 0.433 e. The maximum Gasteiger partial charge on any atom is 0.433 e. The lowest BCUT2D eigenvalue weighted by Gasteiger charge is -2.16. The molecule has 184 valence electrons. The van der Waals surface area contributed by atoms with Gasteiger partial charge in [-0.1, -0.05) is 18.2 Å². The van der Waals surface area contributed by atoms with E-state index in [2.05, 4.69) is 20.6 Å². The second-order valence-electron chi connectivity index (χ2n) is 7.89. The van der Waals surface area contributed by atoms with E-state index in [-0.39, 0.29) is 29.1 Å². The molecule has 0 radical (unpaired) electrons. The van der Waals surface area contributed by atoms with Gasteiger partial charge in [0.15, 0.2) is 5.69 Å². The van der Waals surface area contributed by atoms with Gasteiger partial charge in [-0.3, -0.25) is 4.79 Å². The zero-order valence-electron chi connectivity index (χ0n) is 18.4. The summed E-state index contributed by atoms with van der Waals surface area (Å²) in [5.41, 5.74) is 1.54. The fourth-order valence-corrected chi connectivity index (χ4v) is 4.16. The standard InChI is InChI=1S/C22H21F3N6O3S/c1-13(32)31-9-8-15-4-5-16(10-18(15)31)28-21-29-19(22(23,24)25)11-20(30-21)27-12-14-2-6-17(7-3-14)35(26,33)34/h2-7,10-11H,8-9,12H2,1H3,(H2,26,33,34)(H2,27,28,29,30). The van der Waals surface area contributed by atoms with Gasteiger partial charge in [-0.25, -0.2) is 18.5 Å². The predicted octanol–water partition coefficient (Wildman–Crippen LogP) is 3.41. The van der Waals surface area contributed by atoms with E-state index < -0.39 is 21.9 Å². The number of hydrogen-bond donors (Lipinski definition) is 3. The van der Waals surface area contributed by atoms with Crippen molar-refractivity contribution in [2.45, 2.75) is 31.0 Å². The summed E-state index contributed by atoms with van der Waals surface area (Å²) in [6.07, 6.45) is -4.02. The van der Waals surface area contributed by atoms with Crippen LogP contribution in [0, 0.1) is 0 Å². The third-order valence-electron chi connectivity index (χ3n) is 5.36. The molecule has 1 aliphatic rings. The minimum absolute atomic E-state index is 0.0745. The van der Waals surface area contributed by atoms with Gasteiger partial charge in [0, 0.05) is 37.5 Å². The van der Waals surface area contributed by atoms with Crippen molar-refractivity contribution in [1.29, 1.82) is 0 Å². The number of amides is 1. The summed E-state index contributed by atoms with van der Waals surface area (Å²) in [7, 11) is -3.85. The molecule has 9 nitrogen and oxygen atoms in total. The first-order valence-corrected chi connectivity index (χ1v) is 11.9. The summed E-state index contributed by atoms with van der Waals surface area (Å²) in [4.78, 5) is 21.1. The number of aromatic nitrogens is 2. The molecular weight excluding hydrogens is 485 g/mol. The Balaban J connectivity index is 1.57. The molecule has 13 heteroatoms. The van der Waals surface area contributed by atoms with E-state index in [9.17, 15) is 26.4 Å². The van der Waals surface area contributed by atoms with Gasteiger partial charge >= 0.3 is 6.18 Å². The summed E-state index contributed by atoms with van der Waals surface area (Å²) < 4.78 is 63.1. The van der Waals surface area contributed by atoms with Gasteiger partial charge in [0.25, 0.3) is 0 Å². The Bertz CT molecular complexity index is 1380. The van der Waals surface area contributed by atoms with Crippen LogP contribution in [-0.2, 0) is 34.0 Å². The number of anilines is 4. The monoisotopic (exact) mass is 506 g/mol. The molecule has 0 fully saturated rings. The van der Waals surface area contributed by atoms with Crippen molar-refractivity contribution in [1.82, 2.24) is 9.97 Å². The normalized spacial score (nSPS) is 13.5. The lowest BCUT2D eigenvalue weighted by atomic mass is 10.1. The highest BCUT2D eigenvalue weighted by Crippen LogP contribution is 2.33. The molecule has 0 spiro atoms. The van der Waals surface area contributed by atoms with Gasteiger partial charge in [-0.2, -0.15) is 18.2 Å². The lowest BCUT2D eigenvalue weighted by molar-refractivity contribution is -0.141. The number of carbonyl (C=O) groups excluding carboxylic acids is 1. The smallest absolute Gasteiger partial charge is 0.366 e. The second kappa shape index (κ2) is 9.15. The minimum atomic E-state index is -4.71. The van der Waals surface area contributed by atoms with E-state index in [0.29, 0.717) is 29.9 Å². The molecule has 0 unspecified atom stereocenters. The first kappa shape index (κ1) is 24.4. The highest BCUT2D eigenvalue weighted by molar-refractivity contribution is 7.89. The third kappa shape index (κ3) is 5.69. The molecule has 0 saturated carbocycles. The number of primary sulfonamides is 1. The number of sulfonamides is 1. The van der Waals surface area contributed by atoms with Gasteiger partial charge < -0.3 is 15.5 Å². The van der Waals surface area contributed by atoms with Crippen LogP contribution >= 0.6 is 0 Å². The molecule has 0 aliphatic carbocycles. The van der Waals surface area contributed by atoms with E-state index in [1.54, 1.807) is 23.1 Å². The van der Waals surface area contributed by atoms with E-state index in [1.807, 2.05) is 0 Å². The Morgan fingerprint density at radius 2 is 1.83 bits per heavy atom. The lowest BCUT2D eigenvalue weighted by Crippen LogP contribution is -2.25. The Hall–Kier alpha value is -3.71. The number of nitrogens with one attached hydrogen (secondary N) is 2. The van der Waals surface area contributed by atoms with Crippen LogP contribution in [0.3, 0.4) is 0 Å². The van der Waals surface area contributed by atoms with Gasteiger partial charge in [-0.05, 0) is 41.8 Å². The van der Waals surface area contributed by atoms with Crippen molar-refractivity contribution in [2.24, 2.45) is 5.14 Å². The quantitative estimate of drug-likeness (QED) is 0.467. The maximum absolute atomic E-state index is 13.5. The van der Waals surface area contributed by atoms with Crippen molar-refractivity contribution in [3.05, 3.63) is 65.4 Å². The average molecular weight is 507 g/mol. The molecule has 35 heavy (non-hydrogen) atoms. The average Bonchev–Trinajstić information content (AvgIpc) is 3.20. The van der Waals surface area contributed by atoms with Crippen LogP contribution < -0.4 is 20.7 Å². The zero-order valence-corrected chi connectivity index (χ0v) is 19.2. The van der Waals surface area contributed by atoms with Crippen LogP contribution in [0.25, 0.3) is 0 Å². The Labute approximate surface area is 199 Å². The van der Waals surface area contributed by atoms with Crippen LogP contribution in [0.5, 0.6) is 0 Å². The van der Waals surface area contributed by atoms with Gasteiger partial charge in [0.2, 0.25) is 21.9 Å². The minimum Gasteiger partial charge on any atom is -0.366 e. The van der Waals surface area contributed by atoms with E-state index >= 15 is 0 Å². The highest BCUT2D eigenvalue weighted by Gasteiger charge is 2.34. The van der Waals surface area contributed by atoms with Crippen molar-refractivity contribution in [3.63, 3.8) is 0 Å². The van der Waals surface area contributed by atoms with Gasteiger partial charge in [0.1, 0.15) is 5.82 Å². The summed E-state index contributed by atoms with van der Waals surface area (Å²) in [6, 6.07) is 11.5. The summed E-state index contributed by atoms with van der Waals surface area (Å²) in [5.74, 6) is -0.490. The van der Waals surface area contributed by atoms with Crippen LogP contribution in [0.15, 0.2) is 53.4 Å². The van der Waals surface area contributed by atoms with Gasteiger partial charge in [0.05, 0.1) is 4.90 Å². The Kier molecular flexibility index (Phi) is 6.38. The number of fused-ring (bicyclic) bond motifs is 1. The summed E-state index contributed by atoms with van der Waals surface area (Å²) in [5, 5.41) is 10.7. The second-order valence-corrected chi connectivity index (χ2v) is 9.45. The van der Waals surface area contributed by atoms with E-state index in [4.69, 9.17) is 5.14 Å². The fourth-order valence-electron chi connectivity index (χ4n) is 3.64. The molecule has 1 aromatic heterocycles. The molecule has 0 atom stereocenters. The molecular formula is C22H21F3N6O3S. The number of rotatable bonds is 6. The Morgan fingerprint density at radius 3 is 2.46 bits per heavy atom. The van der Waals surface area contributed by atoms with Crippen molar-refractivity contribution >= 4 is 39.1 Å². The molecule has 4 N–H and O–H groups in total. The highest BCUT2D eigenvalue weighted by atomic mass is 32.2. The van der Waals surface area contributed by atoms with Crippen molar-refractivity contribution in [3.8, 4) is 0 Å². The Morgan fingerprint density at radius 1 is 1.11 bits per heavy atom. The fraction of sp³-hybridized carbons (Fsp3) is 0.227. The van der Waals surface area contributed by atoms with Crippen LogP contribution in [0.4, 0.5) is 36.3 Å². The number of alkyl halides is 3. The number of benzene rings is 2. The van der Waals surface area contributed by atoms with Crippen LogP contribution in [0.2, 0.25) is 0 Å². The molecule has 2 heterocycles. The van der Waals surface area contributed by atoms with Crippen LogP contribution in [-0.4, -0.2) is 30.8 Å². The molecule has 1 aliphatic heterocycles. The molecule has 0 bridgehead atoms. The number of nitrogens with zero attached hydrogens (tertiary/aromatic N) is 3.